The molecule has 92 valence electrons. The predicted molar refractivity (Wildman–Crippen MR) is 65.4 cm³/mol. The number of rotatable bonds is 4. The van der Waals surface area contributed by atoms with Crippen LogP contribution in [-0.4, -0.2) is 31.3 Å². The summed E-state index contributed by atoms with van der Waals surface area (Å²) >= 11 is 5.39. The second-order valence-corrected chi connectivity index (χ2v) is 3.51. The van der Waals surface area contributed by atoms with E-state index in [4.69, 9.17) is 16.3 Å². The van der Waals surface area contributed by atoms with Crippen molar-refractivity contribution >= 4 is 29.1 Å². The molecule has 6 heteroatoms. The Morgan fingerprint density at radius 2 is 2.12 bits per heavy atom. The fourth-order valence-corrected chi connectivity index (χ4v) is 1.22. The van der Waals surface area contributed by atoms with E-state index in [9.17, 15) is 9.59 Å². The number of ether oxygens (including phenoxy) is 1. The quantitative estimate of drug-likeness (QED) is 0.624. The Morgan fingerprint density at radius 3 is 2.76 bits per heavy atom. The number of carbonyl (C=O) groups is 2. The van der Waals surface area contributed by atoms with Crippen LogP contribution < -0.4 is 15.4 Å². The van der Waals surface area contributed by atoms with Gasteiger partial charge in [-0.15, -0.1) is 11.6 Å². The molecule has 5 nitrogen and oxygen atoms in total. The molecular formula is C11H13ClN2O3. The van der Waals surface area contributed by atoms with E-state index in [0.29, 0.717) is 11.4 Å². The fraction of sp³-hybridized carbons (Fsp3) is 0.273. The van der Waals surface area contributed by atoms with Gasteiger partial charge in [-0.25, -0.2) is 0 Å². The fourth-order valence-electron chi connectivity index (χ4n) is 1.13. The minimum Gasteiger partial charge on any atom is -0.497 e. The predicted octanol–water partition coefficient (Wildman–Crippen LogP) is 0.989. The first-order chi connectivity index (χ1) is 8.17. The summed E-state index contributed by atoms with van der Waals surface area (Å²) in [5, 5.41) is 4.82. The molecule has 0 saturated heterocycles. The van der Waals surface area contributed by atoms with Crippen molar-refractivity contribution in [2.24, 2.45) is 0 Å². The van der Waals surface area contributed by atoms with Gasteiger partial charge >= 0.3 is 11.8 Å². The minimum absolute atomic E-state index is 0.256. The first kappa shape index (κ1) is 13.3. The molecule has 0 fully saturated rings. The number of methoxy groups -OCH3 is 1. The normalized spacial score (nSPS) is 9.53. The number of amides is 2. The van der Waals surface area contributed by atoms with Crippen molar-refractivity contribution in [3.8, 4) is 5.75 Å². The van der Waals surface area contributed by atoms with Gasteiger partial charge < -0.3 is 15.4 Å². The lowest BCUT2D eigenvalue weighted by Crippen LogP contribution is -2.36. The highest BCUT2D eigenvalue weighted by atomic mass is 35.5. The number of nitrogens with one attached hydrogen (secondary N) is 2. The van der Waals surface area contributed by atoms with Crippen molar-refractivity contribution in [3.05, 3.63) is 24.3 Å². The van der Waals surface area contributed by atoms with E-state index >= 15 is 0 Å². The number of carbonyl (C=O) groups excluding carboxylic acids is 2. The average Bonchev–Trinajstić information content (AvgIpc) is 2.36. The van der Waals surface area contributed by atoms with Crippen LogP contribution >= 0.6 is 11.6 Å². The molecule has 1 rings (SSSR count). The number of hydrogen-bond acceptors (Lipinski definition) is 3. The number of halogens is 1. The van der Waals surface area contributed by atoms with Gasteiger partial charge in [0.2, 0.25) is 0 Å². The smallest absolute Gasteiger partial charge is 0.313 e. The maximum atomic E-state index is 11.4. The lowest BCUT2D eigenvalue weighted by Gasteiger charge is -2.06. The maximum Gasteiger partial charge on any atom is 0.313 e. The molecule has 2 N–H and O–H groups in total. The highest BCUT2D eigenvalue weighted by Gasteiger charge is 2.12. The molecule has 1 aromatic rings. The Hall–Kier alpha value is -1.75. The van der Waals surface area contributed by atoms with Gasteiger partial charge in [-0.05, 0) is 12.1 Å². The monoisotopic (exact) mass is 256 g/mol. The van der Waals surface area contributed by atoms with Crippen molar-refractivity contribution in [1.29, 1.82) is 0 Å². The Bertz CT molecular complexity index is 409. The zero-order valence-corrected chi connectivity index (χ0v) is 10.1. The zero-order valence-electron chi connectivity index (χ0n) is 9.33. The third-order valence-corrected chi connectivity index (χ3v) is 2.10. The summed E-state index contributed by atoms with van der Waals surface area (Å²) in [6, 6.07) is 6.73. The molecule has 0 radical (unpaired) electrons. The summed E-state index contributed by atoms with van der Waals surface area (Å²) in [6.45, 7) is 0.256. The summed E-state index contributed by atoms with van der Waals surface area (Å²) in [5.74, 6) is -0.584. The van der Waals surface area contributed by atoms with Gasteiger partial charge in [-0.3, -0.25) is 9.59 Å². The second kappa shape index (κ2) is 6.75. The van der Waals surface area contributed by atoms with E-state index in [-0.39, 0.29) is 12.4 Å². The van der Waals surface area contributed by atoms with E-state index in [1.807, 2.05) is 0 Å². The van der Waals surface area contributed by atoms with Crippen molar-refractivity contribution in [2.45, 2.75) is 0 Å². The van der Waals surface area contributed by atoms with Crippen LogP contribution in [0.15, 0.2) is 24.3 Å². The summed E-state index contributed by atoms with van der Waals surface area (Å²) < 4.78 is 4.99. The molecule has 2 amide bonds. The van der Waals surface area contributed by atoms with Crippen LogP contribution in [0.25, 0.3) is 0 Å². The molecule has 0 unspecified atom stereocenters. The van der Waals surface area contributed by atoms with Gasteiger partial charge in [0.25, 0.3) is 0 Å². The lowest BCUT2D eigenvalue weighted by atomic mass is 10.3. The number of benzene rings is 1. The molecule has 0 spiro atoms. The van der Waals surface area contributed by atoms with Crippen LogP contribution in [0, 0.1) is 0 Å². The van der Waals surface area contributed by atoms with E-state index < -0.39 is 11.8 Å². The molecule has 0 atom stereocenters. The Labute approximate surface area is 104 Å². The average molecular weight is 257 g/mol. The van der Waals surface area contributed by atoms with Gasteiger partial charge in [0.1, 0.15) is 5.75 Å². The van der Waals surface area contributed by atoms with Gasteiger partial charge in [0.15, 0.2) is 0 Å². The zero-order chi connectivity index (χ0) is 12.7. The number of anilines is 1. The Kier molecular flexibility index (Phi) is 5.29. The van der Waals surface area contributed by atoms with Crippen LogP contribution in [0.3, 0.4) is 0 Å². The molecule has 0 aliphatic rings. The Morgan fingerprint density at radius 1 is 1.35 bits per heavy atom. The van der Waals surface area contributed by atoms with E-state index in [0.717, 1.165) is 0 Å². The molecule has 0 aliphatic carbocycles. The topological polar surface area (TPSA) is 67.4 Å². The third-order valence-electron chi connectivity index (χ3n) is 1.91. The standard InChI is InChI=1S/C11H13ClN2O3/c1-17-9-4-2-3-8(7-9)14-11(16)10(15)13-6-5-12/h2-4,7H,5-6H2,1H3,(H,13,15)(H,14,16). The lowest BCUT2D eigenvalue weighted by molar-refractivity contribution is -0.136. The summed E-state index contributed by atoms with van der Waals surface area (Å²) in [5.41, 5.74) is 0.496. The summed E-state index contributed by atoms with van der Waals surface area (Å²) in [4.78, 5) is 22.7. The van der Waals surface area contributed by atoms with Crippen molar-refractivity contribution in [1.82, 2.24) is 5.32 Å². The van der Waals surface area contributed by atoms with Crippen LogP contribution in [0.4, 0.5) is 5.69 Å². The number of hydrogen-bond donors (Lipinski definition) is 2. The minimum atomic E-state index is -0.733. The number of alkyl halides is 1. The molecule has 0 saturated carbocycles. The van der Waals surface area contributed by atoms with Gasteiger partial charge in [0.05, 0.1) is 7.11 Å². The molecule has 17 heavy (non-hydrogen) atoms. The van der Waals surface area contributed by atoms with Crippen molar-refractivity contribution < 1.29 is 14.3 Å². The van der Waals surface area contributed by atoms with E-state index in [1.54, 1.807) is 24.3 Å². The summed E-state index contributed by atoms with van der Waals surface area (Å²) in [6.07, 6.45) is 0. The third kappa shape index (κ3) is 4.32. The van der Waals surface area contributed by atoms with Gasteiger partial charge in [0, 0.05) is 24.2 Å². The van der Waals surface area contributed by atoms with Crippen molar-refractivity contribution in [3.63, 3.8) is 0 Å². The molecule has 0 bridgehead atoms. The molecule has 0 aromatic heterocycles. The molecular weight excluding hydrogens is 244 g/mol. The maximum absolute atomic E-state index is 11.4. The van der Waals surface area contributed by atoms with Crippen LogP contribution in [0.2, 0.25) is 0 Å². The van der Waals surface area contributed by atoms with Crippen LogP contribution in [0.1, 0.15) is 0 Å². The molecule has 1 aromatic carbocycles. The first-order valence-electron chi connectivity index (χ1n) is 4.96. The Balaban J connectivity index is 2.58. The highest BCUT2D eigenvalue weighted by molar-refractivity contribution is 6.39. The van der Waals surface area contributed by atoms with Gasteiger partial charge in [-0.2, -0.15) is 0 Å². The van der Waals surface area contributed by atoms with E-state index in [2.05, 4.69) is 10.6 Å². The second-order valence-electron chi connectivity index (χ2n) is 3.13. The first-order valence-corrected chi connectivity index (χ1v) is 5.50. The van der Waals surface area contributed by atoms with Gasteiger partial charge in [-0.1, -0.05) is 6.07 Å². The largest absolute Gasteiger partial charge is 0.497 e. The van der Waals surface area contributed by atoms with E-state index in [1.165, 1.54) is 7.11 Å². The summed E-state index contributed by atoms with van der Waals surface area (Å²) in [7, 11) is 1.52. The SMILES string of the molecule is COc1cccc(NC(=O)C(=O)NCCCl)c1. The van der Waals surface area contributed by atoms with Crippen LogP contribution in [-0.2, 0) is 9.59 Å². The molecule has 0 aliphatic heterocycles. The molecule has 0 heterocycles. The van der Waals surface area contributed by atoms with Crippen LogP contribution in [0.5, 0.6) is 5.75 Å². The highest BCUT2D eigenvalue weighted by Crippen LogP contribution is 2.16. The van der Waals surface area contributed by atoms with Crippen molar-refractivity contribution in [2.75, 3.05) is 24.9 Å².